The van der Waals surface area contributed by atoms with Gasteiger partial charge in [0, 0.05) is 11.1 Å². The van der Waals surface area contributed by atoms with E-state index in [4.69, 9.17) is 11.6 Å². The van der Waals surface area contributed by atoms with Crippen LogP contribution < -0.4 is 0 Å². The maximum Gasteiger partial charge on any atom is 0.200 e. The molecule has 124 valence electrons. The van der Waals surface area contributed by atoms with Crippen LogP contribution in [-0.4, -0.2) is 15.9 Å². The van der Waals surface area contributed by atoms with Gasteiger partial charge in [-0.2, -0.15) is 0 Å². The molecule has 0 unspecified atom stereocenters. The number of fused-ring (bicyclic) bond motifs is 1. The predicted octanol–water partition coefficient (Wildman–Crippen LogP) is 5.38. The number of aromatic nitrogens is 1. The molecule has 0 atom stereocenters. The second-order valence-electron chi connectivity index (χ2n) is 5.87. The van der Waals surface area contributed by atoms with E-state index < -0.39 is 0 Å². The predicted molar refractivity (Wildman–Crippen MR) is 101 cm³/mol. The van der Waals surface area contributed by atoms with Crippen molar-refractivity contribution < 1.29 is 9.90 Å². The van der Waals surface area contributed by atoms with Gasteiger partial charge in [-0.3, -0.25) is 4.79 Å². The monoisotopic (exact) mass is 367 g/mol. The summed E-state index contributed by atoms with van der Waals surface area (Å²) in [5.74, 6) is 0.0705. The van der Waals surface area contributed by atoms with Gasteiger partial charge in [-0.05, 0) is 36.6 Å². The molecular weight excluding hydrogens is 354 g/mol. The number of carbonyl (C=O) groups is 1. The van der Waals surface area contributed by atoms with Crippen molar-refractivity contribution in [3.63, 3.8) is 0 Å². The van der Waals surface area contributed by atoms with Gasteiger partial charge in [-0.25, -0.2) is 4.98 Å². The molecule has 4 rings (SSSR count). The second-order valence-corrected chi connectivity index (χ2v) is 7.28. The van der Waals surface area contributed by atoms with Gasteiger partial charge in [-0.1, -0.05) is 48.0 Å². The van der Waals surface area contributed by atoms with E-state index in [0.717, 1.165) is 38.7 Å². The molecule has 3 aromatic rings. The van der Waals surface area contributed by atoms with Crippen LogP contribution in [0.3, 0.4) is 0 Å². The van der Waals surface area contributed by atoms with Crippen LogP contribution in [0.25, 0.3) is 16.6 Å². The Morgan fingerprint density at radius 2 is 1.92 bits per heavy atom. The Labute approximate surface area is 154 Å². The van der Waals surface area contributed by atoms with Crippen LogP contribution in [0, 0.1) is 0 Å². The first kappa shape index (κ1) is 16.1. The van der Waals surface area contributed by atoms with Crippen LogP contribution in [-0.2, 0) is 6.42 Å². The van der Waals surface area contributed by atoms with Crippen molar-refractivity contribution in [2.75, 3.05) is 0 Å². The minimum absolute atomic E-state index is 0.0325. The maximum absolute atomic E-state index is 12.8. The first-order valence-electron chi connectivity index (χ1n) is 7.91. The normalized spacial score (nSPS) is 15.4. The zero-order chi connectivity index (χ0) is 17.4. The Balaban J connectivity index is 1.68. The van der Waals surface area contributed by atoms with Crippen LogP contribution in [0.2, 0.25) is 5.02 Å². The number of nitrogens with zero attached hydrogens (tertiary/aromatic N) is 1. The molecule has 0 fully saturated rings. The number of allylic oxidation sites excluding steroid dienone is 1. The molecule has 0 aliphatic heterocycles. The van der Waals surface area contributed by atoms with E-state index in [2.05, 4.69) is 4.98 Å². The summed E-state index contributed by atoms with van der Waals surface area (Å²) in [5, 5.41) is 10.7. The fraction of sp³-hybridized carbons (Fsp3) is 0.100. The number of aromatic hydroxyl groups is 1. The molecule has 0 amide bonds. The van der Waals surface area contributed by atoms with E-state index in [1.54, 1.807) is 12.1 Å². The highest BCUT2D eigenvalue weighted by Gasteiger charge is 2.26. The molecule has 0 spiro atoms. The van der Waals surface area contributed by atoms with Crippen molar-refractivity contribution in [1.82, 2.24) is 4.98 Å². The minimum Gasteiger partial charge on any atom is -0.506 e. The first-order chi connectivity index (χ1) is 12.1. The number of hydrogen-bond donors (Lipinski definition) is 1. The van der Waals surface area contributed by atoms with E-state index in [-0.39, 0.29) is 16.6 Å². The third kappa shape index (κ3) is 3.11. The standard InChI is InChI=1S/C20H14ClNO2S/c21-15-11-12(6-9-17(15)23)10-14-7-8-16-19(18(14)24)25-20(22-16)13-4-2-1-3-5-13/h1-6,9-11,23H,7-8H2. The lowest BCUT2D eigenvalue weighted by Gasteiger charge is -2.12. The maximum atomic E-state index is 12.8. The SMILES string of the molecule is O=C1C(=Cc2ccc(O)c(Cl)c2)CCc2nc(-c3ccccc3)sc21. The highest BCUT2D eigenvalue weighted by atomic mass is 35.5. The second kappa shape index (κ2) is 6.47. The number of phenols is 1. The number of ketones is 1. The van der Waals surface area contributed by atoms with Gasteiger partial charge >= 0.3 is 0 Å². The molecule has 1 aromatic heterocycles. The Hall–Kier alpha value is -2.43. The van der Waals surface area contributed by atoms with Crippen molar-refractivity contribution in [2.24, 2.45) is 0 Å². The lowest BCUT2D eigenvalue weighted by atomic mass is 9.94. The molecule has 1 aliphatic carbocycles. The number of Topliss-reactive ketones (excluding diaryl/α,β-unsaturated/α-hetero) is 1. The number of thiazole rings is 1. The van der Waals surface area contributed by atoms with Crippen LogP contribution in [0.4, 0.5) is 0 Å². The summed E-state index contributed by atoms with van der Waals surface area (Å²) in [5.41, 5.74) is 3.47. The number of aryl methyl sites for hydroxylation is 1. The molecule has 1 heterocycles. The van der Waals surface area contributed by atoms with Crippen molar-refractivity contribution in [3.05, 3.63) is 75.3 Å². The summed E-state index contributed by atoms with van der Waals surface area (Å²) in [6.07, 6.45) is 3.25. The number of carbonyl (C=O) groups excluding carboxylic acids is 1. The van der Waals surface area contributed by atoms with E-state index in [0.29, 0.717) is 6.42 Å². The topological polar surface area (TPSA) is 50.2 Å². The molecule has 1 N–H and O–H groups in total. The largest absolute Gasteiger partial charge is 0.506 e. The van der Waals surface area contributed by atoms with Gasteiger partial charge < -0.3 is 5.11 Å². The molecular formula is C20H14ClNO2S. The molecule has 2 aromatic carbocycles. The Morgan fingerprint density at radius 3 is 2.68 bits per heavy atom. The zero-order valence-corrected chi connectivity index (χ0v) is 14.8. The van der Waals surface area contributed by atoms with Crippen molar-refractivity contribution in [3.8, 4) is 16.3 Å². The molecule has 1 aliphatic rings. The summed E-state index contributed by atoms with van der Waals surface area (Å²) in [6.45, 7) is 0. The first-order valence-corrected chi connectivity index (χ1v) is 9.10. The van der Waals surface area contributed by atoms with Gasteiger partial charge in [-0.15, -0.1) is 11.3 Å². The van der Waals surface area contributed by atoms with Gasteiger partial charge in [0.1, 0.15) is 10.8 Å². The lowest BCUT2D eigenvalue weighted by molar-refractivity contribution is 0.103. The number of hydrogen-bond acceptors (Lipinski definition) is 4. The van der Waals surface area contributed by atoms with E-state index >= 15 is 0 Å². The fourth-order valence-corrected chi connectivity index (χ4v) is 4.15. The van der Waals surface area contributed by atoms with Crippen LogP contribution in [0.5, 0.6) is 5.75 Å². The fourth-order valence-electron chi connectivity index (χ4n) is 2.87. The van der Waals surface area contributed by atoms with Crippen LogP contribution in [0.1, 0.15) is 27.3 Å². The summed E-state index contributed by atoms with van der Waals surface area (Å²) >= 11 is 7.40. The number of halogens is 1. The smallest absolute Gasteiger partial charge is 0.200 e. The van der Waals surface area contributed by atoms with E-state index in [1.807, 2.05) is 36.4 Å². The summed E-state index contributed by atoms with van der Waals surface area (Å²) in [7, 11) is 0. The van der Waals surface area contributed by atoms with Crippen LogP contribution in [0.15, 0.2) is 54.1 Å². The zero-order valence-electron chi connectivity index (χ0n) is 13.2. The minimum atomic E-state index is 0.0325. The van der Waals surface area contributed by atoms with E-state index in [9.17, 15) is 9.90 Å². The number of benzene rings is 2. The average Bonchev–Trinajstić information content (AvgIpc) is 3.06. The molecule has 0 radical (unpaired) electrons. The van der Waals surface area contributed by atoms with Crippen molar-refractivity contribution in [1.29, 1.82) is 0 Å². The molecule has 5 heteroatoms. The Bertz CT molecular complexity index is 992. The van der Waals surface area contributed by atoms with Crippen molar-refractivity contribution >= 4 is 34.8 Å². The van der Waals surface area contributed by atoms with Gasteiger partial charge in [0.15, 0.2) is 0 Å². The summed E-state index contributed by atoms with van der Waals surface area (Å²) in [6, 6.07) is 14.9. The molecule has 0 saturated carbocycles. The molecule has 0 bridgehead atoms. The number of rotatable bonds is 2. The third-order valence-electron chi connectivity index (χ3n) is 4.16. The highest BCUT2D eigenvalue weighted by Crippen LogP contribution is 2.35. The van der Waals surface area contributed by atoms with E-state index in [1.165, 1.54) is 17.4 Å². The molecule has 3 nitrogen and oxygen atoms in total. The highest BCUT2D eigenvalue weighted by molar-refractivity contribution is 7.17. The quantitative estimate of drug-likeness (QED) is 0.618. The third-order valence-corrected chi connectivity index (χ3v) is 5.61. The van der Waals surface area contributed by atoms with Crippen molar-refractivity contribution in [2.45, 2.75) is 12.8 Å². The van der Waals surface area contributed by atoms with Crippen LogP contribution >= 0.6 is 22.9 Å². The Morgan fingerprint density at radius 1 is 1.12 bits per heavy atom. The lowest BCUT2D eigenvalue weighted by Crippen LogP contribution is -2.12. The number of phenolic OH excluding ortho intramolecular Hbond substituents is 1. The average molecular weight is 368 g/mol. The van der Waals surface area contributed by atoms with Gasteiger partial charge in [0.25, 0.3) is 0 Å². The Kier molecular flexibility index (Phi) is 4.15. The summed E-state index contributed by atoms with van der Waals surface area (Å²) in [4.78, 5) is 18.2. The molecule has 25 heavy (non-hydrogen) atoms. The summed E-state index contributed by atoms with van der Waals surface area (Å²) < 4.78 is 0. The van der Waals surface area contributed by atoms with Gasteiger partial charge in [0.05, 0.1) is 15.6 Å². The molecule has 0 saturated heterocycles. The van der Waals surface area contributed by atoms with Gasteiger partial charge in [0.2, 0.25) is 5.78 Å².